The van der Waals surface area contributed by atoms with E-state index in [4.69, 9.17) is 5.73 Å². The van der Waals surface area contributed by atoms with E-state index in [2.05, 4.69) is 6.92 Å². The first kappa shape index (κ1) is 13.0. The van der Waals surface area contributed by atoms with Crippen LogP contribution in [0.5, 0.6) is 5.75 Å². The molecular weight excluding hydrogens is 202 g/mol. The minimum atomic E-state index is -0.464. The average molecular weight is 223 g/mol. The minimum absolute atomic E-state index is 0.153. The van der Waals surface area contributed by atoms with Gasteiger partial charge in [-0.05, 0) is 36.5 Å². The molecule has 0 bridgehead atoms. The lowest BCUT2D eigenvalue weighted by Crippen LogP contribution is -2.34. The molecule has 0 spiro atoms. The predicted octanol–water partition coefficient (Wildman–Crippen LogP) is 1.98. The zero-order valence-electron chi connectivity index (χ0n) is 9.93. The molecule has 0 saturated carbocycles. The van der Waals surface area contributed by atoms with E-state index in [1.807, 2.05) is 19.1 Å². The van der Waals surface area contributed by atoms with Crippen LogP contribution in [-0.2, 0) is 0 Å². The largest absolute Gasteiger partial charge is 0.508 e. The summed E-state index contributed by atoms with van der Waals surface area (Å²) >= 11 is 0. The Kier molecular flexibility index (Phi) is 4.77. The SMILES string of the molecule is CCC(N)C(O)CC(C)c1ccc(O)cc1. The first-order chi connectivity index (χ1) is 7.54. The van der Waals surface area contributed by atoms with Gasteiger partial charge in [0.15, 0.2) is 0 Å². The molecule has 0 radical (unpaired) electrons. The van der Waals surface area contributed by atoms with E-state index in [0.29, 0.717) is 6.42 Å². The van der Waals surface area contributed by atoms with Crippen molar-refractivity contribution in [2.24, 2.45) is 5.73 Å². The Hall–Kier alpha value is -1.06. The van der Waals surface area contributed by atoms with Gasteiger partial charge in [-0.1, -0.05) is 26.0 Å². The number of nitrogens with two attached hydrogens (primary N) is 1. The molecule has 0 aliphatic rings. The van der Waals surface area contributed by atoms with Crippen molar-refractivity contribution in [3.05, 3.63) is 29.8 Å². The number of hydrogen-bond donors (Lipinski definition) is 3. The second-order valence-electron chi connectivity index (χ2n) is 4.37. The normalized spacial score (nSPS) is 16.8. The van der Waals surface area contributed by atoms with Crippen LogP contribution in [0.25, 0.3) is 0 Å². The maximum Gasteiger partial charge on any atom is 0.115 e. The Balaban J connectivity index is 2.58. The highest BCUT2D eigenvalue weighted by molar-refractivity contribution is 5.28. The van der Waals surface area contributed by atoms with E-state index in [1.54, 1.807) is 12.1 Å². The van der Waals surface area contributed by atoms with E-state index in [-0.39, 0.29) is 17.7 Å². The first-order valence-electron chi connectivity index (χ1n) is 5.77. The molecule has 1 aromatic carbocycles. The molecule has 3 atom stereocenters. The fourth-order valence-electron chi connectivity index (χ4n) is 1.75. The molecule has 0 heterocycles. The lowest BCUT2D eigenvalue weighted by Gasteiger charge is -2.21. The summed E-state index contributed by atoms with van der Waals surface area (Å²) < 4.78 is 0. The quantitative estimate of drug-likeness (QED) is 0.715. The summed E-state index contributed by atoms with van der Waals surface area (Å²) in [4.78, 5) is 0. The smallest absolute Gasteiger partial charge is 0.115 e. The summed E-state index contributed by atoms with van der Waals surface area (Å²) in [7, 11) is 0. The van der Waals surface area contributed by atoms with Gasteiger partial charge in [-0.3, -0.25) is 0 Å². The number of benzene rings is 1. The Morgan fingerprint density at radius 3 is 2.31 bits per heavy atom. The van der Waals surface area contributed by atoms with Crippen molar-refractivity contribution in [3.63, 3.8) is 0 Å². The van der Waals surface area contributed by atoms with Crippen LogP contribution in [0.3, 0.4) is 0 Å². The molecule has 0 aliphatic carbocycles. The highest BCUT2D eigenvalue weighted by Gasteiger charge is 2.17. The highest BCUT2D eigenvalue weighted by Crippen LogP contribution is 2.23. The molecule has 1 rings (SSSR count). The molecule has 0 saturated heterocycles. The van der Waals surface area contributed by atoms with Gasteiger partial charge < -0.3 is 15.9 Å². The number of hydrogen-bond acceptors (Lipinski definition) is 3. The monoisotopic (exact) mass is 223 g/mol. The fourth-order valence-corrected chi connectivity index (χ4v) is 1.75. The third-order valence-electron chi connectivity index (χ3n) is 3.02. The number of phenols is 1. The van der Waals surface area contributed by atoms with Gasteiger partial charge in [-0.25, -0.2) is 0 Å². The van der Waals surface area contributed by atoms with Crippen LogP contribution < -0.4 is 5.73 Å². The molecule has 3 heteroatoms. The Morgan fingerprint density at radius 2 is 1.81 bits per heavy atom. The molecule has 16 heavy (non-hydrogen) atoms. The molecule has 1 aromatic rings. The van der Waals surface area contributed by atoms with Crippen molar-refractivity contribution < 1.29 is 10.2 Å². The van der Waals surface area contributed by atoms with Gasteiger partial charge in [0, 0.05) is 6.04 Å². The van der Waals surface area contributed by atoms with Gasteiger partial charge in [0.25, 0.3) is 0 Å². The zero-order valence-corrected chi connectivity index (χ0v) is 9.93. The second-order valence-corrected chi connectivity index (χ2v) is 4.37. The van der Waals surface area contributed by atoms with Crippen LogP contribution in [0.2, 0.25) is 0 Å². The van der Waals surface area contributed by atoms with Crippen LogP contribution >= 0.6 is 0 Å². The van der Waals surface area contributed by atoms with Crippen LogP contribution in [0.15, 0.2) is 24.3 Å². The molecule has 0 aromatic heterocycles. The molecule has 0 amide bonds. The highest BCUT2D eigenvalue weighted by atomic mass is 16.3. The molecule has 3 unspecified atom stereocenters. The van der Waals surface area contributed by atoms with E-state index in [0.717, 1.165) is 12.0 Å². The minimum Gasteiger partial charge on any atom is -0.508 e. The first-order valence-corrected chi connectivity index (χ1v) is 5.77. The molecule has 4 N–H and O–H groups in total. The van der Waals surface area contributed by atoms with E-state index in [9.17, 15) is 10.2 Å². The lowest BCUT2D eigenvalue weighted by molar-refractivity contribution is 0.126. The predicted molar refractivity (Wildman–Crippen MR) is 65.4 cm³/mol. The van der Waals surface area contributed by atoms with Crippen LogP contribution in [0, 0.1) is 0 Å². The summed E-state index contributed by atoms with van der Waals surface area (Å²) in [5, 5.41) is 19.0. The van der Waals surface area contributed by atoms with Crippen molar-refractivity contribution in [2.75, 3.05) is 0 Å². The van der Waals surface area contributed by atoms with Gasteiger partial charge in [0.1, 0.15) is 5.75 Å². The van der Waals surface area contributed by atoms with Crippen molar-refractivity contribution in [1.82, 2.24) is 0 Å². The molecular formula is C13H21NO2. The number of aliphatic hydroxyl groups is 1. The third kappa shape index (κ3) is 3.51. The summed E-state index contributed by atoms with van der Waals surface area (Å²) in [6.45, 7) is 4.02. The maximum absolute atomic E-state index is 9.83. The van der Waals surface area contributed by atoms with E-state index < -0.39 is 6.10 Å². The van der Waals surface area contributed by atoms with Crippen LogP contribution in [0.4, 0.5) is 0 Å². The van der Waals surface area contributed by atoms with Gasteiger partial charge >= 0.3 is 0 Å². The van der Waals surface area contributed by atoms with Crippen molar-refractivity contribution >= 4 is 0 Å². The van der Waals surface area contributed by atoms with Crippen LogP contribution in [0.1, 0.15) is 38.2 Å². The van der Waals surface area contributed by atoms with Crippen molar-refractivity contribution in [2.45, 2.75) is 44.8 Å². The Labute approximate surface area is 96.9 Å². The number of phenolic OH excluding ortho intramolecular Hbond substituents is 1. The Morgan fingerprint density at radius 1 is 1.25 bits per heavy atom. The van der Waals surface area contributed by atoms with E-state index in [1.165, 1.54) is 0 Å². The summed E-state index contributed by atoms with van der Waals surface area (Å²) in [6, 6.07) is 6.93. The molecule has 90 valence electrons. The number of rotatable bonds is 5. The summed E-state index contributed by atoms with van der Waals surface area (Å²) in [5.41, 5.74) is 6.89. The molecule has 0 aliphatic heterocycles. The van der Waals surface area contributed by atoms with E-state index >= 15 is 0 Å². The number of aromatic hydroxyl groups is 1. The zero-order chi connectivity index (χ0) is 12.1. The van der Waals surface area contributed by atoms with Crippen molar-refractivity contribution in [3.8, 4) is 5.75 Å². The van der Waals surface area contributed by atoms with Crippen LogP contribution in [-0.4, -0.2) is 22.4 Å². The summed E-state index contributed by atoms with van der Waals surface area (Å²) in [6.07, 6.45) is 0.970. The standard InChI is InChI=1S/C13H21NO2/c1-3-12(14)13(16)8-9(2)10-4-6-11(15)7-5-10/h4-7,9,12-13,15-16H,3,8,14H2,1-2H3. The van der Waals surface area contributed by atoms with Crippen molar-refractivity contribution in [1.29, 1.82) is 0 Å². The topological polar surface area (TPSA) is 66.5 Å². The van der Waals surface area contributed by atoms with Gasteiger partial charge in [-0.15, -0.1) is 0 Å². The van der Waals surface area contributed by atoms with Gasteiger partial charge in [0.2, 0.25) is 0 Å². The molecule has 3 nitrogen and oxygen atoms in total. The summed E-state index contributed by atoms with van der Waals surface area (Å²) in [5.74, 6) is 0.509. The second kappa shape index (κ2) is 5.87. The third-order valence-corrected chi connectivity index (χ3v) is 3.02. The lowest BCUT2D eigenvalue weighted by atomic mass is 9.92. The van der Waals surface area contributed by atoms with Gasteiger partial charge in [-0.2, -0.15) is 0 Å². The fraction of sp³-hybridized carbons (Fsp3) is 0.538. The average Bonchev–Trinajstić information content (AvgIpc) is 2.28. The Bertz CT molecular complexity index is 310. The van der Waals surface area contributed by atoms with Gasteiger partial charge in [0.05, 0.1) is 6.10 Å². The number of aliphatic hydroxyl groups excluding tert-OH is 1. The maximum atomic E-state index is 9.83. The molecule has 0 fully saturated rings.